The molecule has 104 valence electrons. The van der Waals surface area contributed by atoms with Gasteiger partial charge in [-0.25, -0.2) is 4.68 Å². The molecule has 0 unspecified atom stereocenters. The van der Waals surface area contributed by atoms with Crippen molar-refractivity contribution in [2.45, 2.75) is 38.3 Å². The van der Waals surface area contributed by atoms with Crippen molar-refractivity contribution in [1.82, 2.24) is 19.9 Å². The van der Waals surface area contributed by atoms with Gasteiger partial charge in [0.25, 0.3) is 0 Å². The summed E-state index contributed by atoms with van der Waals surface area (Å²) in [6.07, 6.45) is 4.34. The van der Waals surface area contributed by atoms with Gasteiger partial charge in [0, 0.05) is 12.5 Å². The Morgan fingerprint density at radius 3 is 2.95 bits per heavy atom. The highest BCUT2D eigenvalue weighted by Gasteiger charge is 2.38. The lowest BCUT2D eigenvalue weighted by atomic mass is 10.2. The average Bonchev–Trinajstić information content (AvgIpc) is 3.10. The maximum atomic E-state index is 12.3. The van der Waals surface area contributed by atoms with Gasteiger partial charge in [-0.1, -0.05) is 17.3 Å². The molecule has 0 spiro atoms. The molecule has 4 rings (SSSR count). The molecule has 20 heavy (non-hydrogen) atoms. The largest absolute Gasteiger partial charge is 0.338 e. The topological polar surface area (TPSA) is 51.0 Å². The number of rotatable bonds is 3. The van der Waals surface area contributed by atoms with E-state index in [9.17, 15) is 4.79 Å². The molecule has 0 radical (unpaired) electrons. The standard InChI is InChI=1S/C15H18N4O/c20-15(11-7-8-11)18-9-3-4-12(18)10-19-14-6-2-1-5-13(14)16-17-19/h1-2,5-6,11-12H,3-4,7-10H2/t12-/m1/s1. The molecule has 2 aromatic rings. The molecule has 1 aliphatic carbocycles. The summed E-state index contributed by atoms with van der Waals surface area (Å²) in [6.45, 7) is 1.67. The molecule has 0 N–H and O–H groups in total. The number of hydrogen-bond donors (Lipinski definition) is 0. The van der Waals surface area contributed by atoms with E-state index in [1.54, 1.807) is 0 Å². The first-order valence-electron chi connectivity index (χ1n) is 7.41. The highest BCUT2D eigenvalue weighted by atomic mass is 16.2. The van der Waals surface area contributed by atoms with E-state index in [-0.39, 0.29) is 6.04 Å². The van der Waals surface area contributed by atoms with Gasteiger partial charge in [-0.2, -0.15) is 0 Å². The first-order valence-corrected chi connectivity index (χ1v) is 7.41. The summed E-state index contributed by atoms with van der Waals surface area (Å²) < 4.78 is 1.94. The molecule has 1 saturated heterocycles. The van der Waals surface area contributed by atoms with Crippen LogP contribution in [-0.4, -0.2) is 38.4 Å². The number of likely N-dealkylation sites (tertiary alicyclic amines) is 1. The summed E-state index contributed by atoms with van der Waals surface area (Å²) in [5, 5.41) is 8.43. The summed E-state index contributed by atoms with van der Waals surface area (Å²) in [5.41, 5.74) is 1.98. The smallest absolute Gasteiger partial charge is 0.225 e. The van der Waals surface area contributed by atoms with Crippen LogP contribution in [0.4, 0.5) is 0 Å². The van der Waals surface area contributed by atoms with Crippen molar-refractivity contribution in [3.63, 3.8) is 0 Å². The Morgan fingerprint density at radius 1 is 1.25 bits per heavy atom. The normalized spacial score (nSPS) is 22.6. The number of nitrogens with zero attached hydrogens (tertiary/aromatic N) is 4. The Bertz CT molecular complexity index is 646. The van der Waals surface area contributed by atoms with Crippen LogP contribution in [0.1, 0.15) is 25.7 Å². The van der Waals surface area contributed by atoms with Gasteiger partial charge in [-0.3, -0.25) is 4.79 Å². The Kier molecular flexibility index (Phi) is 2.72. The zero-order chi connectivity index (χ0) is 13.5. The maximum Gasteiger partial charge on any atom is 0.225 e. The van der Waals surface area contributed by atoms with Crippen LogP contribution in [0.3, 0.4) is 0 Å². The zero-order valence-corrected chi connectivity index (χ0v) is 11.4. The van der Waals surface area contributed by atoms with Crippen molar-refractivity contribution in [1.29, 1.82) is 0 Å². The molecule has 1 aromatic heterocycles. The van der Waals surface area contributed by atoms with Gasteiger partial charge >= 0.3 is 0 Å². The van der Waals surface area contributed by atoms with Crippen LogP contribution in [0.5, 0.6) is 0 Å². The molecule has 1 saturated carbocycles. The first-order chi connectivity index (χ1) is 9.83. The van der Waals surface area contributed by atoms with Gasteiger partial charge in [0.1, 0.15) is 5.52 Å². The molecule has 1 aliphatic heterocycles. The van der Waals surface area contributed by atoms with Crippen molar-refractivity contribution >= 4 is 16.9 Å². The Labute approximate surface area is 117 Å². The molecule has 1 aromatic carbocycles. The number of amides is 1. The summed E-state index contributed by atoms with van der Waals surface area (Å²) >= 11 is 0. The number of carbonyl (C=O) groups is 1. The van der Waals surface area contributed by atoms with Crippen LogP contribution in [0.25, 0.3) is 11.0 Å². The van der Waals surface area contributed by atoms with Crippen LogP contribution in [0.15, 0.2) is 24.3 Å². The number of fused-ring (bicyclic) bond motifs is 1. The second-order valence-corrected chi connectivity index (χ2v) is 5.86. The maximum absolute atomic E-state index is 12.3. The lowest BCUT2D eigenvalue weighted by Gasteiger charge is -2.24. The quantitative estimate of drug-likeness (QED) is 0.855. The van der Waals surface area contributed by atoms with E-state index in [1.165, 1.54) is 0 Å². The van der Waals surface area contributed by atoms with Gasteiger partial charge in [-0.05, 0) is 37.8 Å². The number of carbonyl (C=O) groups excluding carboxylic acids is 1. The molecule has 2 fully saturated rings. The Hall–Kier alpha value is -1.91. The molecule has 5 heteroatoms. The van der Waals surface area contributed by atoms with Crippen LogP contribution in [0, 0.1) is 5.92 Å². The fourth-order valence-electron chi connectivity index (χ4n) is 3.13. The molecule has 2 aliphatic rings. The average molecular weight is 270 g/mol. The number of hydrogen-bond acceptors (Lipinski definition) is 3. The summed E-state index contributed by atoms with van der Waals surface area (Å²) in [5.74, 6) is 0.667. The third-order valence-corrected chi connectivity index (χ3v) is 4.39. The lowest BCUT2D eigenvalue weighted by Crippen LogP contribution is -2.39. The minimum Gasteiger partial charge on any atom is -0.338 e. The highest BCUT2D eigenvalue weighted by Crippen LogP contribution is 2.34. The first kappa shape index (κ1) is 11.9. The molecule has 1 amide bonds. The van der Waals surface area contributed by atoms with E-state index in [4.69, 9.17) is 0 Å². The predicted molar refractivity (Wildman–Crippen MR) is 75.0 cm³/mol. The van der Waals surface area contributed by atoms with Crippen LogP contribution >= 0.6 is 0 Å². The minimum absolute atomic E-state index is 0.285. The Balaban J connectivity index is 1.56. The summed E-state index contributed by atoms with van der Waals surface area (Å²) in [6, 6.07) is 8.27. The van der Waals surface area contributed by atoms with Crippen molar-refractivity contribution < 1.29 is 4.79 Å². The van der Waals surface area contributed by atoms with Crippen molar-refractivity contribution in [2.24, 2.45) is 5.92 Å². The van der Waals surface area contributed by atoms with E-state index >= 15 is 0 Å². The SMILES string of the molecule is O=C(C1CC1)N1CCC[C@@H]1Cn1nnc2ccccc21. The number of benzene rings is 1. The van der Waals surface area contributed by atoms with Crippen molar-refractivity contribution in [3.05, 3.63) is 24.3 Å². The van der Waals surface area contributed by atoms with Crippen molar-refractivity contribution in [3.8, 4) is 0 Å². The molecular formula is C15H18N4O. The van der Waals surface area contributed by atoms with Crippen LogP contribution < -0.4 is 0 Å². The molecular weight excluding hydrogens is 252 g/mol. The van der Waals surface area contributed by atoms with E-state index in [0.717, 1.165) is 49.8 Å². The highest BCUT2D eigenvalue weighted by molar-refractivity contribution is 5.81. The zero-order valence-electron chi connectivity index (χ0n) is 11.4. The van der Waals surface area contributed by atoms with Crippen LogP contribution in [0.2, 0.25) is 0 Å². The Morgan fingerprint density at radius 2 is 2.10 bits per heavy atom. The van der Waals surface area contributed by atoms with Gasteiger partial charge in [-0.15, -0.1) is 5.10 Å². The number of para-hydroxylation sites is 1. The van der Waals surface area contributed by atoms with Gasteiger partial charge in [0.05, 0.1) is 18.1 Å². The van der Waals surface area contributed by atoms with Gasteiger partial charge < -0.3 is 4.90 Å². The fourth-order valence-corrected chi connectivity index (χ4v) is 3.13. The van der Waals surface area contributed by atoms with E-state index < -0.39 is 0 Å². The van der Waals surface area contributed by atoms with Crippen LogP contribution in [-0.2, 0) is 11.3 Å². The molecule has 0 bridgehead atoms. The van der Waals surface area contributed by atoms with E-state index in [1.807, 2.05) is 28.9 Å². The van der Waals surface area contributed by atoms with E-state index in [2.05, 4.69) is 15.2 Å². The van der Waals surface area contributed by atoms with Gasteiger partial charge in [0.2, 0.25) is 5.91 Å². The summed E-state index contributed by atoms with van der Waals surface area (Å²) in [4.78, 5) is 14.4. The fraction of sp³-hybridized carbons (Fsp3) is 0.533. The minimum atomic E-state index is 0.285. The third kappa shape index (κ3) is 1.97. The molecule has 2 heterocycles. The molecule has 1 atom stereocenters. The second-order valence-electron chi connectivity index (χ2n) is 5.86. The molecule has 5 nitrogen and oxygen atoms in total. The summed E-state index contributed by atoms with van der Waals surface area (Å²) in [7, 11) is 0. The second kappa shape index (κ2) is 4.58. The predicted octanol–water partition coefficient (Wildman–Crippen LogP) is 1.83. The number of aromatic nitrogens is 3. The monoisotopic (exact) mass is 270 g/mol. The van der Waals surface area contributed by atoms with Crippen molar-refractivity contribution in [2.75, 3.05) is 6.54 Å². The van der Waals surface area contributed by atoms with Gasteiger partial charge in [0.15, 0.2) is 0 Å². The lowest BCUT2D eigenvalue weighted by molar-refractivity contribution is -0.133. The third-order valence-electron chi connectivity index (χ3n) is 4.39. The van der Waals surface area contributed by atoms with E-state index in [0.29, 0.717) is 11.8 Å².